The Morgan fingerprint density at radius 2 is 1.76 bits per heavy atom. The van der Waals surface area contributed by atoms with Gasteiger partial charge in [-0.25, -0.2) is 13.2 Å². The zero-order valence-electron chi connectivity index (χ0n) is 14.6. The minimum atomic E-state index is -2.98. The van der Waals surface area contributed by atoms with Crippen molar-refractivity contribution in [2.24, 2.45) is 0 Å². The lowest BCUT2D eigenvalue weighted by Crippen LogP contribution is -2.08. The molecule has 5 nitrogen and oxygen atoms in total. The molecule has 0 spiro atoms. The molecule has 0 heterocycles. The van der Waals surface area contributed by atoms with Gasteiger partial charge in [-0.05, 0) is 66.8 Å². The number of aromatic carboxylic acids is 1. The summed E-state index contributed by atoms with van der Waals surface area (Å²) in [4.78, 5) is 11.2. The van der Waals surface area contributed by atoms with E-state index in [4.69, 9.17) is 9.84 Å². The highest BCUT2D eigenvalue weighted by Crippen LogP contribution is 2.31. The fourth-order valence-electron chi connectivity index (χ4n) is 2.78. The van der Waals surface area contributed by atoms with Crippen LogP contribution in [0.25, 0.3) is 11.1 Å². The standard InChI is InChI=1S/C19H22O5S/c1-13-10-17(24-8-5-9-25(3,22)23)11-14(2)18(13)15-6-4-7-16(12-15)19(20)21/h4,6-7,10-12H,5,8-9H2,1-3H3,(H,20,21). The van der Waals surface area contributed by atoms with Crippen molar-refractivity contribution in [1.82, 2.24) is 0 Å². The molecule has 0 aliphatic heterocycles. The summed E-state index contributed by atoms with van der Waals surface area (Å²) in [6, 6.07) is 10.6. The Bertz CT molecular complexity index is 861. The molecule has 0 aliphatic rings. The van der Waals surface area contributed by atoms with Gasteiger partial charge in [0.05, 0.1) is 17.9 Å². The summed E-state index contributed by atoms with van der Waals surface area (Å²) in [7, 11) is -2.98. The molecule has 0 bridgehead atoms. The monoisotopic (exact) mass is 362 g/mol. The summed E-state index contributed by atoms with van der Waals surface area (Å²) in [5.41, 5.74) is 4.02. The van der Waals surface area contributed by atoms with Crippen LogP contribution in [0.3, 0.4) is 0 Å². The maximum absolute atomic E-state index is 11.2. The van der Waals surface area contributed by atoms with Crippen LogP contribution in [0.2, 0.25) is 0 Å². The molecule has 0 unspecified atom stereocenters. The number of sulfone groups is 1. The van der Waals surface area contributed by atoms with Crippen LogP contribution in [0.1, 0.15) is 27.9 Å². The number of ether oxygens (including phenoxy) is 1. The molecule has 0 radical (unpaired) electrons. The lowest BCUT2D eigenvalue weighted by molar-refractivity contribution is 0.0697. The second-order valence-electron chi connectivity index (χ2n) is 6.15. The Morgan fingerprint density at radius 3 is 2.32 bits per heavy atom. The molecular weight excluding hydrogens is 340 g/mol. The molecule has 0 amide bonds. The summed E-state index contributed by atoms with van der Waals surface area (Å²) >= 11 is 0. The summed E-state index contributed by atoms with van der Waals surface area (Å²) in [6.07, 6.45) is 1.65. The minimum absolute atomic E-state index is 0.102. The predicted octanol–water partition coefficient (Wildman–Crippen LogP) is 3.48. The molecule has 6 heteroatoms. The Hall–Kier alpha value is -2.34. The molecule has 0 saturated heterocycles. The van der Waals surface area contributed by atoms with Crippen molar-refractivity contribution in [3.05, 3.63) is 53.1 Å². The van der Waals surface area contributed by atoms with Crippen LogP contribution in [-0.4, -0.2) is 38.1 Å². The van der Waals surface area contributed by atoms with Gasteiger partial charge in [-0.2, -0.15) is 0 Å². The van der Waals surface area contributed by atoms with Gasteiger partial charge in [-0.1, -0.05) is 12.1 Å². The Balaban J connectivity index is 2.20. The third-order valence-corrected chi connectivity index (χ3v) is 4.86. The molecule has 0 aromatic heterocycles. The van der Waals surface area contributed by atoms with Crippen molar-refractivity contribution in [3.63, 3.8) is 0 Å². The van der Waals surface area contributed by atoms with Crippen molar-refractivity contribution < 1.29 is 23.1 Å². The van der Waals surface area contributed by atoms with Crippen LogP contribution in [0.5, 0.6) is 5.75 Å². The molecule has 1 N–H and O–H groups in total. The first-order chi connectivity index (χ1) is 11.7. The van der Waals surface area contributed by atoms with Crippen LogP contribution in [-0.2, 0) is 9.84 Å². The van der Waals surface area contributed by atoms with Crippen molar-refractivity contribution >= 4 is 15.8 Å². The second kappa shape index (κ2) is 7.70. The molecule has 2 aromatic rings. The Kier molecular flexibility index (Phi) is 5.85. The first-order valence-electron chi connectivity index (χ1n) is 7.93. The summed E-state index contributed by atoms with van der Waals surface area (Å²) < 4.78 is 27.9. The van der Waals surface area contributed by atoms with Crippen LogP contribution < -0.4 is 4.74 Å². The number of carbonyl (C=O) groups is 1. The highest BCUT2D eigenvalue weighted by atomic mass is 32.2. The molecule has 2 aromatic carbocycles. The largest absolute Gasteiger partial charge is 0.494 e. The number of carboxylic acid groups (broad SMARTS) is 1. The average molecular weight is 362 g/mol. The molecule has 2 rings (SSSR count). The van der Waals surface area contributed by atoms with Crippen LogP contribution in [0.4, 0.5) is 0 Å². The normalized spacial score (nSPS) is 11.3. The zero-order chi connectivity index (χ0) is 18.6. The second-order valence-corrected chi connectivity index (χ2v) is 8.41. The number of hydrogen-bond acceptors (Lipinski definition) is 4. The summed E-state index contributed by atoms with van der Waals surface area (Å²) in [6.45, 7) is 4.22. The van der Waals surface area contributed by atoms with E-state index in [2.05, 4.69) is 0 Å². The SMILES string of the molecule is Cc1cc(OCCCS(C)(=O)=O)cc(C)c1-c1cccc(C(=O)O)c1. The van der Waals surface area contributed by atoms with Gasteiger partial charge in [0.1, 0.15) is 15.6 Å². The Morgan fingerprint density at radius 1 is 1.12 bits per heavy atom. The van der Waals surface area contributed by atoms with Gasteiger partial charge in [0, 0.05) is 6.26 Å². The lowest BCUT2D eigenvalue weighted by Gasteiger charge is -2.14. The third kappa shape index (κ3) is 5.32. The van der Waals surface area contributed by atoms with Crippen LogP contribution >= 0.6 is 0 Å². The van der Waals surface area contributed by atoms with E-state index in [1.165, 1.54) is 6.26 Å². The number of rotatable bonds is 7. The van der Waals surface area contributed by atoms with Gasteiger partial charge in [0.25, 0.3) is 0 Å². The van der Waals surface area contributed by atoms with E-state index in [0.717, 1.165) is 22.3 Å². The van der Waals surface area contributed by atoms with Gasteiger partial charge >= 0.3 is 5.97 Å². The fraction of sp³-hybridized carbons (Fsp3) is 0.316. The summed E-state index contributed by atoms with van der Waals surface area (Å²) in [5, 5.41) is 9.15. The zero-order valence-corrected chi connectivity index (χ0v) is 15.4. The van der Waals surface area contributed by atoms with Gasteiger partial charge < -0.3 is 9.84 Å². The van der Waals surface area contributed by atoms with E-state index < -0.39 is 15.8 Å². The molecule has 0 aliphatic carbocycles. The van der Waals surface area contributed by atoms with Crippen molar-refractivity contribution in [2.75, 3.05) is 18.6 Å². The quantitative estimate of drug-likeness (QED) is 0.763. The molecule has 0 fully saturated rings. The first kappa shape index (κ1) is 19.0. The molecule has 0 atom stereocenters. The Labute approximate surface area is 148 Å². The highest BCUT2D eigenvalue weighted by Gasteiger charge is 2.11. The fourth-order valence-corrected chi connectivity index (χ4v) is 3.42. The smallest absolute Gasteiger partial charge is 0.335 e. The third-order valence-electron chi connectivity index (χ3n) is 3.83. The van der Waals surface area contributed by atoms with Gasteiger partial charge in [-0.3, -0.25) is 0 Å². The van der Waals surface area contributed by atoms with Crippen molar-refractivity contribution in [3.8, 4) is 16.9 Å². The van der Waals surface area contributed by atoms with Gasteiger partial charge in [-0.15, -0.1) is 0 Å². The number of carboxylic acids is 1. The minimum Gasteiger partial charge on any atom is -0.494 e. The lowest BCUT2D eigenvalue weighted by atomic mass is 9.94. The molecule has 134 valence electrons. The first-order valence-corrected chi connectivity index (χ1v) is 9.99. The van der Waals surface area contributed by atoms with Gasteiger partial charge in [0.2, 0.25) is 0 Å². The van der Waals surface area contributed by atoms with E-state index in [0.29, 0.717) is 18.8 Å². The number of aryl methyl sites for hydroxylation is 2. The molecule has 0 saturated carbocycles. The van der Waals surface area contributed by atoms with E-state index in [1.54, 1.807) is 18.2 Å². The molecule has 25 heavy (non-hydrogen) atoms. The maximum atomic E-state index is 11.2. The maximum Gasteiger partial charge on any atom is 0.335 e. The number of hydrogen-bond donors (Lipinski definition) is 1. The van der Waals surface area contributed by atoms with Crippen molar-refractivity contribution in [2.45, 2.75) is 20.3 Å². The predicted molar refractivity (Wildman–Crippen MR) is 98.1 cm³/mol. The molecular formula is C19H22O5S. The summed E-state index contributed by atoms with van der Waals surface area (Å²) in [5.74, 6) is -0.171. The van der Waals surface area contributed by atoms with Crippen molar-refractivity contribution in [1.29, 1.82) is 0 Å². The van der Waals surface area contributed by atoms with E-state index in [1.807, 2.05) is 32.0 Å². The topological polar surface area (TPSA) is 80.7 Å². The average Bonchev–Trinajstić information content (AvgIpc) is 2.50. The van der Waals surface area contributed by atoms with E-state index >= 15 is 0 Å². The van der Waals surface area contributed by atoms with E-state index in [-0.39, 0.29) is 11.3 Å². The van der Waals surface area contributed by atoms with Gasteiger partial charge in [0.15, 0.2) is 0 Å². The van der Waals surface area contributed by atoms with E-state index in [9.17, 15) is 13.2 Å². The van der Waals surface area contributed by atoms with Crippen LogP contribution in [0.15, 0.2) is 36.4 Å². The van der Waals surface area contributed by atoms with Crippen LogP contribution in [0, 0.1) is 13.8 Å². The highest BCUT2D eigenvalue weighted by molar-refractivity contribution is 7.90. The number of benzene rings is 2.